The Hall–Kier alpha value is -2.41. The quantitative estimate of drug-likeness (QED) is 0.764. The second-order valence-corrected chi connectivity index (χ2v) is 5.30. The van der Waals surface area contributed by atoms with Gasteiger partial charge in [-0.15, -0.1) is 11.3 Å². The number of hydrogen-bond acceptors (Lipinski definition) is 4. The first-order chi connectivity index (χ1) is 10.1. The zero-order valence-electron chi connectivity index (χ0n) is 11.2. The minimum Gasteiger partial charge on any atom is -0.481 e. The Balaban J connectivity index is 1.92. The van der Waals surface area contributed by atoms with Gasteiger partial charge >= 0.3 is 12.0 Å². The average molecular weight is 305 g/mol. The summed E-state index contributed by atoms with van der Waals surface area (Å²) >= 11 is 1.47. The van der Waals surface area contributed by atoms with Crippen molar-refractivity contribution < 1.29 is 14.7 Å². The van der Waals surface area contributed by atoms with Crippen LogP contribution in [0.2, 0.25) is 0 Å². The molecule has 0 saturated heterocycles. The lowest BCUT2D eigenvalue weighted by molar-refractivity contribution is -0.136. The third kappa shape index (κ3) is 4.88. The highest BCUT2D eigenvalue weighted by Gasteiger charge is 2.08. The topological polar surface area (TPSA) is 91.3 Å². The molecule has 2 aromatic rings. The molecule has 0 saturated carbocycles. The molecule has 0 unspecified atom stereocenters. The van der Waals surface area contributed by atoms with Crippen molar-refractivity contribution in [3.05, 3.63) is 46.4 Å². The summed E-state index contributed by atoms with van der Waals surface area (Å²) in [5.41, 5.74) is 3.13. The predicted molar refractivity (Wildman–Crippen MR) is 80.4 cm³/mol. The number of hydrogen-bond donors (Lipinski definition) is 3. The van der Waals surface area contributed by atoms with E-state index in [2.05, 4.69) is 15.6 Å². The van der Waals surface area contributed by atoms with E-state index in [-0.39, 0.29) is 12.5 Å². The molecule has 1 aromatic heterocycles. The van der Waals surface area contributed by atoms with Crippen LogP contribution in [-0.2, 0) is 17.8 Å². The molecule has 0 radical (unpaired) electrons. The van der Waals surface area contributed by atoms with Gasteiger partial charge in [0.1, 0.15) is 0 Å². The number of carbonyl (C=O) groups is 2. The summed E-state index contributed by atoms with van der Waals surface area (Å²) < 4.78 is 0. The van der Waals surface area contributed by atoms with Crippen molar-refractivity contribution in [1.82, 2.24) is 10.3 Å². The smallest absolute Gasteiger partial charge is 0.319 e. The number of aromatic nitrogens is 1. The van der Waals surface area contributed by atoms with Crippen molar-refractivity contribution >= 4 is 29.0 Å². The van der Waals surface area contributed by atoms with Crippen LogP contribution in [0.5, 0.6) is 0 Å². The summed E-state index contributed by atoms with van der Waals surface area (Å²) in [6, 6.07) is 6.84. The number of amides is 2. The lowest BCUT2D eigenvalue weighted by atomic mass is 10.1. The van der Waals surface area contributed by atoms with E-state index >= 15 is 0 Å². The van der Waals surface area contributed by atoms with Crippen LogP contribution in [0.4, 0.5) is 10.5 Å². The fourth-order valence-electron chi connectivity index (χ4n) is 1.77. The van der Waals surface area contributed by atoms with Crippen LogP contribution in [0, 0.1) is 0 Å². The molecule has 1 aromatic carbocycles. The fourth-order valence-corrected chi connectivity index (χ4v) is 2.30. The monoisotopic (exact) mass is 305 g/mol. The van der Waals surface area contributed by atoms with Crippen molar-refractivity contribution in [2.45, 2.75) is 19.4 Å². The van der Waals surface area contributed by atoms with Gasteiger partial charge in [-0.3, -0.25) is 9.78 Å². The van der Waals surface area contributed by atoms with Crippen LogP contribution in [0.3, 0.4) is 0 Å². The Morgan fingerprint density at radius 2 is 2.10 bits per heavy atom. The number of carboxylic acids is 1. The molecule has 0 aliphatic heterocycles. The molecule has 0 atom stereocenters. The first kappa shape index (κ1) is 15.0. The van der Waals surface area contributed by atoms with Crippen molar-refractivity contribution in [2.75, 3.05) is 5.32 Å². The lowest BCUT2D eigenvalue weighted by Gasteiger charge is -2.11. The maximum atomic E-state index is 11.8. The van der Waals surface area contributed by atoms with Crippen LogP contribution in [0.15, 0.2) is 36.0 Å². The second kappa shape index (κ2) is 7.39. The van der Waals surface area contributed by atoms with Crippen LogP contribution in [0.25, 0.3) is 0 Å². The highest BCUT2D eigenvalue weighted by Crippen LogP contribution is 2.16. The highest BCUT2D eigenvalue weighted by molar-refractivity contribution is 7.09. The van der Waals surface area contributed by atoms with Crippen molar-refractivity contribution in [1.29, 1.82) is 0 Å². The molecule has 7 heteroatoms. The molecule has 110 valence electrons. The van der Waals surface area contributed by atoms with Gasteiger partial charge in [0.05, 0.1) is 12.1 Å². The Morgan fingerprint density at radius 1 is 1.29 bits per heavy atom. The highest BCUT2D eigenvalue weighted by atomic mass is 32.1. The number of carbonyl (C=O) groups excluding carboxylic acids is 1. The van der Waals surface area contributed by atoms with Gasteiger partial charge in [-0.05, 0) is 18.1 Å². The van der Waals surface area contributed by atoms with Gasteiger partial charge in [0, 0.05) is 23.2 Å². The molecule has 2 amide bonds. The van der Waals surface area contributed by atoms with E-state index in [1.807, 2.05) is 12.1 Å². The molecule has 2 rings (SSSR count). The molecule has 3 N–H and O–H groups in total. The van der Waals surface area contributed by atoms with Gasteiger partial charge in [0.25, 0.3) is 0 Å². The molecule has 0 aliphatic rings. The predicted octanol–water partition coefficient (Wildman–Crippen LogP) is 2.48. The summed E-state index contributed by atoms with van der Waals surface area (Å²) in [4.78, 5) is 27.4. The first-order valence-corrected chi connectivity index (χ1v) is 7.25. The SMILES string of the molecule is O=C(O)CCc1ccccc1NC(=O)NCc1cncs1. The average Bonchev–Trinajstić information content (AvgIpc) is 2.97. The first-order valence-electron chi connectivity index (χ1n) is 6.37. The number of nitrogens with one attached hydrogen (secondary N) is 2. The fraction of sp³-hybridized carbons (Fsp3) is 0.214. The summed E-state index contributed by atoms with van der Waals surface area (Å²) in [5.74, 6) is -0.862. The minimum atomic E-state index is -0.862. The van der Waals surface area contributed by atoms with Crippen LogP contribution in [0.1, 0.15) is 16.9 Å². The zero-order valence-corrected chi connectivity index (χ0v) is 12.0. The Labute approximate surface area is 125 Å². The van der Waals surface area contributed by atoms with Gasteiger partial charge < -0.3 is 15.7 Å². The van der Waals surface area contributed by atoms with E-state index < -0.39 is 5.97 Å². The number of anilines is 1. The molecule has 6 nitrogen and oxygen atoms in total. The van der Waals surface area contributed by atoms with Crippen molar-refractivity contribution in [3.8, 4) is 0 Å². The standard InChI is InChI=1S/C14H15N3O3S/c18-13(19)6-5-10-3-1-2-4-12(10)17-14(20)16-8-11-7-15-9-21-11/h1-4,7,9H,5-6,8H2,(H,18,19)(H2,16,17,20). The number of benzene rings is 1. The van der Waals surface area contributed by atoms with Gasteiger partial charge in [-0.25, -0.2) is 4.79 Å². The maximum absolute atomic E-state index is 11.8. The Bertz CT molecular complexity index is 614. The van der Waals surface area contributed by atoms with E-state index in [9.17, 15) is 9.59 Å². The lowest BCUT2D eigenvalue weighted by Crippen LogP contribution is -2.28. The normalized spacial score (nSPS) is 10.1. The summed E-state index contributed by atoms with van der Waals surface area (Å²) in [5, 5.41) is 14.2. The van der Waals surface area contributed by atoms with E-state index in [0.717, 1.165) is 10.4 Å². The zero-order chi connectivity index (χ0) is 15.1. The molecule has 0 aliphatic carbocycles. The summed E-state index contributed by atoms with van der Waals surface area (Å²) in [6.45, 7) is 0.411. The van der Waals surface area contributed by atoms with Gasteiger partial charge in [-0.2, -0.15) is 0 Å². The molecule has 0 spiro atoms. The van der Waals surface area contributed by atoms with Crippen LogP contribution >= 0.6 is 11.3 Å². The third-order valence-electron chi connectivity index (χ3n) is 2.78. The number of para-hydroxylation sites is 1. The molecule has 0 fully saturated rings. The van der Waals surface area contributed by atoms with Gasteiger partial charge in [-0.1, -0.05) is 18.2 Å². The second-order valence-electron chi connectivity index (χ2n) is 4.33. The van der Waals surface area contributed by atoms with Gasteiger partial charge in [0.2, 0.25) is 0 Å². The molecule has 21 heavy (non-hydrogen) atoms. The van der Waals surface area contributed by atoms with E-state index in [1.165, 1.54) is 11.3 Å². The Morgan fingerprint density at radius 3 is 2.81 bits per heavy atom. The number of aliphatic carboxylic acids is 1. The molecule has 1 heterocycles. The summed E-state index contributed by atoms with van der Waals surface area (Å²) in [7, 11) is 0. The van der Waals surface area contributed by atoms with E-state index in [0.29, 0.717) is 18.7 Å². The molecule has 0 bridgehead atoms. The number of rotatable bonds is 6. The molecular formula is C14H15N3O3S. The van der Waals surface area contributed by atoms with E-state index in [4.69, 9.17) is 5.11 Å². The van der Waals surface area contributed by atoms with Crippen LogP contribution in [-0.4, -0.2) is 22.1 Å². The van der Waals surface area contributed by atoms with Crippen molar-refractivity contribution in [2.24, 2.45) is 0 Å². The number of urea groups is 1. The van der Waals surface area contributed by atoms with Crippen molar-refractivity contribution in [3.63, 3.8) is 0 Å². The number of nitrogens with zero attached hydrogens (tertiary/aromatic N) is 1. The maximum Gasteiger partial charge on any atom is 0.319 e. The third-order valence-corrected chi connectivity index (χ3v) is 3.56. The molecular weight excluding hydrogens is 290 g/mol. The summed E-state index contributed by atoms with van der Waals surface area (Å²) in [6.07, 6.45) is 2.10. The Kier molecular flexibility index (Phi) is 5.28. The number of carboxylic acid groups (broad SMARTS) is 1. The van der Waals surface area contributed by atoms with Crippen LogP contribution < -0.4 is 10.6 Å². The minimum absolute atomic E-state index is 0.0289. The largest absolute Gasteiger partial charge is 0.481 e. The number of aryl methyl sites for hydroxylation is 1. The van der Waals surface area contributed by atoms with Gasteiger partial charge in [0.15, 0.2) is 0 Å². The van der Waals surface area contributed by atoms with E-state index in [1.54, 1.807) is 23.8 Å². The number of thiazole rings is 1.